The minimum atomic E-state index is -0.923. The SMILES string of the molecule is CC(NC(=O)COC(=O)[C@@H](NC(=O)c1ccco1)C(C)C)c1ccc(Cl)c(Cl)c1. The van der Waals surface area contributed by atoms with Crippen LogP contribution in [0.25, 0.3) is 0 Å². The molecule has 2 amide bonds. The third-order valence-electron chi connectivity index (χ3n) is 4.12. The van der Waals surface area contributed by atoms with Crippen molar-refractivity contribution in [2.75, 3.05) is 6.61 Å². The lowest BCUT2D eigenvalue weighted by Gasteiger charge is -2.20. The molecule has 0 spiro atoms. The lowest BCUT2D eigenvalue weighted by atomic mass is 10.0. The van der Waals surface area contributed by atoms with Crippen LogP contribution in [-0.2, 0) is 14.3 Å². The average Bonchev–Trinajstić information content (AvgIpc) is 3.20. The predicted octanol–water partition coefficient (Wildman–Crippen LogP) is 3.76. The van der Waals surface area contributed by atoms with Crippen molar-refractivity contribution in [3.05, 3.63) is 58.0 Å². The number of hydrogen-bond acceptors (Lipinski definition) is 5. The second kappa shape index (κ2) is 10.3. The zero-order chi connectivity index (χ0) is 21.6. The number of carbonyl (C=O) groups is 3. The molecule has 0 saturated carbocycles. The van der Waals surface area contributed by atoms with Gasteiger partial charge in [-0.1, -0.05) is 43.1 Å². The quantitative estimate of drug-likeness (QED) is 0.608. The van der Waals surface area contributed by atoms with Crippen molar-refractivity contribution in [1.29, 1.82) is 0 Å². The first-order valence-electron chi connectivity index (χ1n) is 8.94. The largest absolute Gasteiger partial charge is 0.459 e. The summed E-state index contributed by atoms with van der Waals surface area (Å²) in [5.41, 5.74) is 0.754. The van der Waals surface area contributed by atoms with Crippen molar-refractivity contribution in [1.82, 2.24) is 10.6 Å². The van der Waals surface area contributed by atoms with Crippen molar-refractivity contribution in [3.8, 4) is 0 Å². The van der Waals surface area contributed by atoms with E-state index in [1.807, 2.05) is 0 Å². The number of hydrogen-bond donors (Lipinski definition) is 2. The molecule has 2 rings (SSSR count). The minimum Gasteiger partial charge on any atom is -0.459 e. The number of furan rings is 1. The standard InChI is InChI=1S/C20H22Cl2N2O5/c1-11(2)18(24-19(26)16-5-4-8-28-16)20(27)29-10-17(25)23-12(3)13-6-7-14(21)15(22)9-13/h4-9,11-12,18H,10H2,1-3H3,(H,23,25)(H,24,26)/t12?,18-/m0/s1. The lowest BCUT2D eigenvalue weighted by molar-refractivity contribution is -0.151. The first-order chi connectivity index (χ1) is 13.7. The average molecular weight is 441 g/mol. The Balaban J connectivity index is 1.88. The monoisotopic (exact) mass is 440 g/mol. The molecule has 0 bridgehead atoms. The van der Waals surface area contributed by atoms with Crippen LogP contribution < -0.4 is 10.6 Å². The second-order valence-corrected chi connectivity index (χ2v) is 7.56. The summed E-state index contributed by atoms with van der Waals surface area (Å²) in [6.07, 6.45) is 1.36. The van der Waals surface area contributed by atoms with Crippen LogP contribution in [0.3, 0.4) is 0 Å². The maximum absolute atomic E-state index is 12.4. The van der Waals surface area contributed by atoms with E-state index in [4.69, 9.17) is 32.4 Å². The molecule has 0 saturated heterocycles. The van der Waals surface area contributed by atoms with E-state index in [2.05, 4.69) is 10.6 Å². The third kappa shape index (κ3) is 6.51. The molecule has 9 heteroatoms. The number of carbonyl (C=O) groups excluding carboxylic acids is 3. The molecule has 2 atom stereocenters. The Bertz CT molecular complexity index is 868. The molecule has 29 heavy (non-hydrogen) atoms. The van der Waals surface area contributed by atoms with Gasteiger partial charge in [-0.2, -0.15) is 0 Å². The highest BCUT2D eigenvalue weighted by atomic mass is 35.5. The molecule has 7 nitrogen and oxygen atoms in total. The lowest BCUT2D eigenvalue weighted by Crippen LogP contribution is -2.46. The number of benzene rings is 1. The maximum Gasteiger partial charge on any atom is 0.329 e. The van der Waals surface area contributed by atoms with E-state index in [0.717, 1.165) is 5.56 Å². The van der Waals surface area contributed by atoms with Crippen LogP contribution in [0, 0.1) is 5.92 Å². The molecule has 1 aromatic heterocycles. The molecule has 0 aliphatic carbocycles. The summed E-state index contributed by atoms with van der Waals surface area (Å²) in [7, 11) is 0. The van der Waals surface area contributed by atoms with E-state index in [1.165, 1.54) is 12.3 Å². The Morgan fingerprint density at radius 1 is 1.07 bits per heavy atom. The molecular weight excluding hydrogens is 419 g/mol. The zero-order valence-corrected chi connectivity index (χ0v) is 17.7. The Labute approximate surface area is 178 Å². The third-order valence-corrected chi connectivity index (χ3v) is 4.86. The summed E-state index contributed by atoms with van der Waals surface area (Å²) < 4.78 is 10.1. The topological polar surface area (TPSA) is 97.6 Å². The molecule has 1 heterocycles. The molecule has 2 aromatic rings. The normalized spacial score (nSPS) is 12.9. The summed E-state index contributed by atoms with van der Waals surface area (Å²) in [6, 6.07) is 6.79. The fraction of sp³-hybridized carbons (Fsp3) is 0.350. The van der Waals surface area contributed by atoms with Crippen molar-refractivity contribution < 1.29 is 23.5 Å². The van der Waals surface area contributed by atoms with Gasteiger partial charge in [-0.25, -0.2) is 4.79 Å². The molecule has 156 valence electrons. The molecular formula is C20H22Cl2N2O5. The molecule has 0 fully saturated rings. The fourth-order valence-corrected chi connectivity index (χ4v) is 2.80. The molecule has 1 aromatic carbocycles. The smallest absolute Gasteiger partial charge is 0.329 e. The summed E-state index contributed by atoms with van der Waals surface area (Å²) in [5.74, 6) is -1.91. The number of ether oxygens (including phenoxy) is 1. The van der Waals surface area contributed by atoms with Crippen molar-refractivity contribution in [2.24, 2.45) is 5.92 Å². The molecule has 1 unspecified atom stereocenters. The van der Waals surface area contributed by atoms with Crippen LogP contribution in [0.5, 0.6) is 0 Å². The van der Waals surface area contributed by atoms with Crippen molar-refractivity contribution >= 4 is 41.0 Å². The highest BCUT2D eigenvalue weighted by Crippen LogP contribution is 2.25. The summed E-state index contributed by atoms with van der Waals surface area (Å²) in [4.78, 5) is 36.6. The Morgan fingerprint density at radius 2 is 1.79 bits per heavy atom. The fourth-order valence-electron chi connectivity index (χ4n) is 2.49. The molecule has 2 N–H and O–H groups in total. The highest BCUT2D eigenvalue weighted by Gasteiger charge is 2.27. The van der Waals surface area contributed by atoms with Gasteiger partial charge in [-0.15, -0.1) is 0 Å². The van der Waals surface area contributed by atoms with Gasteiger partial charge in [-0.3, -0.25) is 9.59 Å². The van der Waals surface area contributed by atoms with E-state index in [0.29, 0.717) is 10.0 Å². The van der Waals surface area contributed by atoms with Gasteiger partial charge in [0.15, 0.2) is 12.4 Å². The molecule has 0 aliphatic rings. The summed E-state index contributed by atoms with van der Waals surface area (Å²) in [5, 5.41) is 6.06. The predicted molar refractivity (Wildman–Crippen MR) is 109 cm³/mol. The van der Waals surface area contributed by atoms with Crippen LogP contribution in [-0.4, -0.2) is 30.4 Å². The number of rotatable bonds is 8. The zero-order valence-electron chi connectivity index (χ0n) is 16.2. The Kier molecular flexibility index (Phi) is 8.10. The van der Waals surface area contributed by atoms with Crippen LogP contribution in [0.1, 0.15) is 42.9 Å². The first kappa shape index (κ1) is 22.8. The van der Waals surface area contributed by atoms with E-state index in [-0.39, 0.29) is 17.7 Å². The number of halogens is 2. The van der Waals surface area contributed by atoms with Gasteiger partial charge < -0.3 is 19.8 Å². The first-order valence-corrected chi connectivity index (χ1v) is 9.70. The Morgan fingerprint density at radius 3 is 2.38 bits per heavy atom. The van der Waals surface area contributed by atoms with Crippen LogP contribution >= 0.6 is 23.2 Å². The van der Waals surface area contributed by atoms with Gasteiger partial charge in [0.05, 0.1) is 22.4 Å². The van der Waals surface area contributed by atoms with E-state index in [9.17, 15) is 14.4 Å². The van der Waals surface area contributed by atoms with Gasteiger partial charge in [0, 0.05) is 0 Å². The van der Waals surface area contributed by atoms with Gasteiger partial charge in [0.2, 0.25) is 0 Å². The van der Waals surface area contributed by atoms with Crippen LogP contribution in [0.4, 0.5) is 0 Å². The van der Waals surface area contributed by atoms with Crippen molar-refractivity contribution in [3.63, 3.8) is 0 Å². The molecule has 0 radical (unpaired) electrons. The molecule has 0 aliphatic heterocycles. The number of nitrogens with one attached hydrogen (secondary N) is 2. The van der Waals surface area contributed by atoms with E-state index < -0.39 is 30.4 Å². The van der Waals surface area contributed by atoms with Crippen LogP contribution in [0.15, 0.2) is 41.0 Å². The summed E-state index contributed by atoms with van der Waals surface area (Å²) >= 11 is 11.9. The second-order valence-electron chi connectivity index (χ2n) is 6.74. The van der Waals surface area contributed by atoms with Gasteiger partial charge in [0.1, 0.15) is 6.04 Å². The highest BCUT2D eigenvalue weighted by molar-refractivity contribution is 6.42. The van der Waals surface area contributed by atoms with Gasteiger partial charge in [0.25, 0.3) is 11.8 Å². The minimum absolute atomic E-state index is 0.0802. The van der Waals surface area contributed by atoms with E-state index in [1.54, 1.807) is 45.0 Å². The van der Waals surface area contributed by atoms with Gasteiger partial charge >= 0.3 is 5.97 Å². The van der Waals surface area contributed by atoms with E-state index >= 15 is 0 Å². The maximum atomic E-state index is 12.4. The Hall–Kier alpha value is -2.51. The number of esters is 1. The summed E-state index contributed by atoms with van der Waals surface area (Å²) in [6.45, 7) is 4.78. The van der Waals surface area contributed by atoms with Crippen LogP contribution in [0.2, 0.25) is 10.0 Å². The number of amides is 2. The van der Waals surface area contributed by atoms with Crippen molar-refractivity contribution in [2.45, 2.75) is 32.9 Å². The van der Waals surface area contributed by atoms with Gasteiger partial charge in [-0.05, 0) is 42.7 Å².